The minimum Gasteiger partial charge on any atom is -0.412 e. The molecule has 0 aliphatic heterocycles. The molecule has 0 aliphatic rings. The highest BCUT2D eigenvalue weighted by Crippen LogP contribution is 1.55. The summed E-state index contributed by atoms with van der Waals surface area (Å²) in [5.74, 6) is 0. The summed E-state index contributed by atoms with van der Waals surface area (Å²) < 4.78 is 0. The van der Waals surface area contributed by atoms with Crippen LogP contribution in [0.25, 0.3) is 0 Å². The highest BCUT2D eigenvalue weighted by Gasteiger charge is 1.48. The fourth-order valence-electron chi connectivity index (χ4n) is 0.0786. The highest BCUT2D eigenvalue weighted by atomic mass is 16.1. The second-order valence-electron chi connectivity index (χ2n) is 0.662. The maximum Gasteiger partial charge on any atom is 0.142 e. The Labute approximate surface area is 36.8 Å². The minimum atomic E-state index is 0. The van der Waals surface area contributed by atoms with Crippen LogP contribution in [-0.4, -0.2) is 11.8 Å². The first-order valence-corrected chi connectivity index (χ1v) is 1.48. The van der Waals surface area contributed by atoms with Crippen molar-refractivity contribution in [1.82, 2.24) is 0 Å². The Balaban J connectivity index is 0. The van der Waals surface area contributed by atoms with Gasteiger partial charge in [0.05, 0.1) is 0 Å². The normalized spacial score (nSPS) is 7.50. The molecule has 0 rings (SSSR count). The van der Waals surface area contributed by atoms with E-state index < -0.39 is 0 Å². The molecule has 0 aromatic heterocycles. The van der Waals surface area contributed by atoms with E-state index in [1.54, 1.807) is 13.0 Å². The second kappa shape index (κ2) is 8.84. The quantitative estimate of drug-likeness (QED) is 0.327. The molecule has 0 aromatic rings. The van der Waals surface area contributed by atoms with Gasteiger partial charge in [0, 0.05) is 0 Å². The van der Waals surface area contributed by atoms with E-state index in [0.717, 1.165) is 6.29 Å². The summed E-state index contributed by atoms with van der Waals surface area (Å²) in [6.07, 6.45) is 3.88. The molecular weight excluding hydrogens is 80.0 g/mol. The van der Waals surface area contributed by atoms with E-state index in [-0.39, 0.29) is 5.48 Å². The van der Waals surface area contributed by atoms with Gasteiger partial charge in [-0.15, -0.1) is 0 Å². The first kappa shape index (κ1) is 9.03. The third-order valence-corrected chi connectivity index (χ3v) is 0.271. The topological polar surface area (TPSA) is 48.6 Å². The fourth-order valence-corrected chi connectivity index (χ4v) is 0.0786. The summed E-state index contributed by atoms with van der Waals surface area (Å²) in [6, 6.07) is 0. The Bertz CT molecular complexity index is 47.5. The molecule has 0 unspecified atom stereocenters. The molecule has 0 aliphatic carbocycles. The lowest BCUT2D eigenvalue weighted by molar-refractivity contribution is -0.104. The molecule has 2 heteroatoms. The Hall–Kier alpha value is -0.630. The fraction of sp³-hybridized carbons (Fsp3) is 0.250. The third kappa shape index (κ3) is 10.1. The molecular formula is C4H8O2. The molecule has 0 radical (unpaired) electrons. The van der Waals surface area contributed by atoms with E-state index in [0.29, 0.717) is 0 Å². The number of hydrogen-bond donors (Lipinski definition) is 0. The van der Waals surface area contributed by atoms with Crippen LogP contribution in [-0.2, 0) is 4.79 Å². The van der Waals surface area contributed by atoms with Crippen molar-refractivity contribution in [2.24, 2.45) is 0 Å². The van der Waals surface area contributed by atoms with Gasteiger partial charge in [0.2, 0.25) is 0 Å². The van der Waals surface area contributed by atoms with E-state index in [4.69, 9.17) is 0 Å². The lowest BCUT2D eigenvalue weighted by atomic mass is 10.6. The number of carbonyl (C=O) groups excluding carboxylic acids is 1. The van der Waals surface area contributed by atoms with Crippen molar-refractivity contribution in [2.75, 3.05) is 0 Å². The lowest BCUT2D eigenvalue weighted by Crippen LogP contribution is -1.50. The third-order valence-electron chi connectivity index (χ3n) is 0.271. The van der Waals surface area contributed by atoms with Crippen molar-refractivity contribution < 1.29 is 10.3 Å². The van der Waals surface area contributed by atoms with Crippen LogP contribution >= 0.6 is 0 Å². The van der Waals surface area contributed by atoms with Gasteiger partial charge in [-0.1, -0.05) is 6.08 Å². The zero-order valence-corrected chi connectivity index (χ0v) is 3.64. The summed E-state index contributed by atoms with van der Waals surface area (Å²) in [6.45, 7) is 1.80. The largest absolute Gasteiger partial charge is 0.412 e. The van der Waals surface area contributed by atoms with Gasteiger partial charge in [-0.25, -0.2) is 0 Å². The zero-order valence-electron chi connectivity index (χ0n) is 3.64. The maximum absolute atomic E-state index is 9.32. The van der Waals surface area contributed by atoms with Gasteiger partial charge in [0.25, 0.3) is 0 Å². The van der Waals surface area contributed by atoms with Crippen LogP contribution in [0.3, 0.4) is 0 Å². The van der Waals surface area contributed by atoms with Crippen LogP contribution < -0.4 is 0 Å². The molecule has 2 N–H and O–H groups in total. The van der Waals surface area contributed by atoms with E-state index in [9.17, 15) is 4.79 Å². The van der Waals surface area contributed by atoms with E-state index in [2.05, 4.69) is 0 Å². The maximum atomic E-state index is 9.32. The summed E-state index contributed by atoms with van der Waals surface area (Å²) in [5.41, 5.74) is 0. The van der Waals surface area contributed by atoms with Crippen molar-refractivity contribution in [3.05, 3.63) is 12.2 Å². The molecule has 36 valence electrons. The van der Waals surface area contributed by atoms with E-state index in [1.807, 2.05) is 0 Å². The monoisotopic (exact) mass is 88.1 g/mol. The van der Waals surface area contributed by atoms with Crippen molar-refractivity contribution in [3.63, 3.8) is 0 Å². The Morgan fingerprint density at radius 2 is 2.00 bits per heavy atom. The van der Waals surface area contributed by atoms with Gasteiger partial charge in [-0.3, -0.25) is 4.79 Å². The van der Waals surface area contributed by atoms with Gasteiger partial charge >= 0.3 is 0 Å². The van der Waals surface area contributed by atoms with Crippen molar-refractivity contribution in [2.45, 2.75) is 6.92 Å². The van der Waals surface area contributed by atoms with Crippen molar-refractivity contribution >= 4 is 6.29 Å². The minimum absolute atomic E-state index is 0. The first-order chi connectivity index (χ1) is 2.41. The molecule has 0 spiro atoms. The Morgan fingerprint density at radius 3 is 2.00 bits per heavy atom. The summed E-state index contributed by atoms with van der Waals surface area (Å²) in [7, 11) is 0. The number of carbonyl (C=O) groups is 1. The molecule has 0 fully saturated rings. The van der Waals surface area contributed by atoms with Crippen LogP contribution in [0.2, 0.25) is 0 Å². The molecule has 0 atom stereocenters. The zero-order chi connectivity index (χ0) is 4.12. The van der Waals surface area contributed by atoms with Crippen LogP contribution in [0.5, 0.6) is 0 Å². The summed E-state index contributed by atoms with van der Waals surface area (Å²) >= 11 is 0. The van der Waals surface area contributed by atoms with Gasteiger partial charge in [0.1, 0.15) is 6.29 Å². The number of allylic oxidation sites excluding steroid dienone is 2. The Kier molecular flexibility index (Phi) is 13.3. The molecule has 6 heavy (non-hydrogen) atoms. The standard InChI is InChI=1S/C4H6O.H2O/c1-2-3-4-5;/h2-4H,1H3;1H2/b3-2+;. The van der Waals surface area contributed by atoms with E-state index >= 15 is 0 Å². The number of rotatable bonds is 1. The molecule has 0 saturated carbocycles. The van der Waals surface area contributed by atoms with Crippen LogP contribution in [0.4, 0.5) is 0 Å². The van der Waals surface area contributed by atoms with Crippen LogP contribution in [0, 0.1) is 0 Å². The second-order valence-corrected chi connectivity index (χ2v) is 0.662. The molecule has 0 amide bonds. The van der Waals surface area contributed by atoms with Crippen molar-refractivity contribution in [3.8, 4) is 0 Å². The van der Waals surface area contributed by atoms with E-state index in [1.165, 1.54) is 6.08 Å². The molecule has 0 heterocycles. The van der Waals surface area contributed by atoms with Crippen LogP contribution in [0.15, 0.2) is 12.2 Å². The average molecular weight is 88.1 g/mol. The summed E-state index contributed by atoms with van der Waals surface area (Å²) in [4.78, 5) is 9.32. The summed E-state index contributed by atoms with van der Waals surface area (Å²) in [5, 5.41) is 0. The van der Waals surface area contributed by atoms with Gasteiger partial charge in [-0.2, -0.15) is 0 Å². The molecule has 0 bridgehead atoms. The molecule has 2 nitrogen and oxygen atoms in total. The van der Waals surface area contributed by atoms with Crippen LogP contribution in [0.1, 0.15) is 6.92 Å². The van der Waals surface area contributed by atoms with Crippen molar-refractivity contribution in [1.29, 1.82) is 0 Å². The predicted octanol–water partition coefficient (Wildman–Crippen LogP) is -0.0633. The highest BCUT2D eigenvalue weighted by molar-refractivity contribution is 5.64. The van der Waals surface area contributed by atoms with Gasteiger partial charge < -0.3 is 5.48 Å². The molecule has 0 saturated heterocycles. The predicted molar refractivity (Wildman–Crippen MR) is 24.5 cm³/mol. The lowest BCUT2D eigenvalue weighted by Gasteiger charge is -1.51. The number of hydrogen-bond acceptors (Lipinski definition) is 1. The van der Waals surface area contributed by atoms with Gasteiger partial charge in [0.15, 0.2) is 0 Å². The van der Waals surface area contributed by atoms with Gasteiger partial charge in [-0.05, 0) is 13.0 Å². The average Bonchev–Trinajstić information content (AvgIpc) is 1.41. The molecule has 0 aromatic carbocycles. The smallest absolute Gasteiger partial charge is 0.142 e. The first-order valence-electron chi connectivity index (χ1n) is 1.48. The SMILES string of the molecule is C/C=C/C=O.O. The Morgan fingerprint density at radius 1 is 1.50 bits per heavy atom. The number of aldehydes is 1.